The molecule has 1 atom stereocenters. The second-order valence-electron chi connectivity index (χ2n) is 5.75. The standard InChI is InChI=1S/C18H19Cl2N3O2/c1-23(12-18(25)22-16-8-3-2-7-15(16)20)11-17(24)21-10-13-5-4-6-14(19)9-13/h2-9H,10-12H2,1H3,(H,21,24)(H,22,25)/p+1. The van der Waals surface area contributed by atoms with Crippen LogP contribution in [0.1, 0.15) is 5.56 Å². The highest BCUT2D eigenvalue weighted by Crippen LogP contribution is 2.19. The molecule has 132 valence electrons. The highest BCUT2D eigenvalue weighted by molar-refractivity contribution is 6.33. The minimum atomic E-state index is -0.201. The van der Waals surface area contributed by atoms with Crippen molar-refractivity contribution >= 4 is 40.7 Å². The number of hydrogen-bond donors (Lipinski definition) is 3. The number of benzene rings is 2. The summed E-state index contributed by atoms with van der Waals surface area (Å²) in [5.74, 6) is -0.337. The number of amides is 2. The summed E-state index contributed by atoms with van der Waals surface area (Å²) in [6.45, 7) is 0.755. The van der Waals surface area contributed by atoms with Crippen LogP contribution in [-0.4, -0.2) is 32.0 Å². The molecule has 2 rings (SSSR count). The molecule has 0 saturated carbocycles. The van der Waals surface area contributed by atoms with Gasteiger partial charge < -0.3 is 15.5 Å². The van der Waals surface area contributed by atoms with Gasteiger partial charge in [-0.15, -0.1) is 0 Å². The van der Waals surface area contributed by atoms with Gasteiger partial charge in [0.05, 0.1) is 17.8 Å². The predicted octanol–water partition coefficient (Wildman–Crippen LogP) is 1.76. The van der Waals surface area contributed by atoms with Gasteiger partial charge in [0.15, 0.2) is 13.1 Å². The Bertz CT molecular complexity index is 753. The van der Waals surface area contributed by atoms with Crippen molar-refractivity contribution in [3.63, 3.8) is 0 Å². The highest BCUT2D eigenvalue weighted by Gasteiger charge is 2.15. The maximum Gasteiger partial charge on any atom is 0.279 e. The van der Waals surface area contributed by atoms with Crippen LogP contribution >= 0.6 is 23.2 Å². The van der Waals surface area contributed by atoms with E-state index in [9.17, 15) is 9.59 Å². The maximum absolute atomic E-state index is 12.0. The molecule has 0 aromatic heterocycles. The smallest absolute Gasteiger partial charge is 0.279 e. The molecule has 0 heterocycles. The van der Waals surface area contributed by atoms with E-state index in [-0.39, 0.29) is 24.9 Å². The van der Waals surface area contributed by atoms with Crippen LogP contribution in [0.15, 0.2) is 48.5 Å². The molecule has 5 nitrogen and oxygen atoms in total. The molecule has 0 saturated heterocycles. The van der Waals surface area contributed by atoms with E-state index in [0.29, 0.717) is 22.3 Å². The second kappa shape index (κ2) is 9.42. The summed E-state index contributed by atoms with van der Waals surface area (Å²) in [5.41, 5.74) is 1.49. The van der Waals surface area contributed by atoms with E-state index < -0.39 is 0 Å². The normalized spacial score (nSPS) is 11.6. The third-order valence-electron chi connectivity index (χ3n) is 3.45. The first-order chi connectivity index (χ1) is 11.9. The lowest BCUT2D eigenvalue weighted by molar-refractivity contribution is -0.862. The van der Waals surface area contributed by atoms with Gasteiger partial charge in [0, 0.05) is 11.6 Å². The zero-order valence-corrected chi connectivity index (χ0v) is 15.3. The number of carbonyl (C=O) groups excluding carboxylic acids is 2. The lowest BCUT2D eigenvalue weighted by atomic mass is 10.2. The Morgan fingerprint density at radius 3 is 2.44 bits per heavy atom. The summed E-state index contributed by atoms with van der Waals surface area (Å²) in [6.07, 6.45) is 0. The van der Waals surface area contributed by atoms with Gasteiger partial charge in [-0.2, -0.15) is 0 Å². The van der Waals surface area contributed by atoms with Crippen molar-refractivity contribution in [1.82, 2.24) is 5.32 Å². The van der Waals surface area contributed by atoms with Gasteiger partial charge in [-0.25, -0.2) is 0 Å². The number of halogens is 2. The molecule has 0 aliphatic heterocycles. The number of quaternary nitrogens is 1. The van der Waals surface area contributed by atoms with Crippen molar-refractivity contribution in [1.29, 1.82) is 0 Å². The van der Waals surface area contributed by atoms with Crippen LogP contribution in [-0.2, 0) is 16.1 Å². The summed E-state index contributed by atoms with van der Waals surface area (Å²) in [7, 11) is 1.78. The monoisotopic (exact) mass is 380 g/mol. The number of hydrogen-bond acceptors (Lipinski definition) is 2. The quantitative estimate of drug-likeness (QED) is 0.685. The Morgan fingerprint density at radius 2 is 1.72 bits per heavy atom. The number of likely N-dealkylation sites (N-methyl/N-ethyl adjacent to an activating group) is 1. The highest BCUT2D eigenvalue weighted by atomic mass is 35.5. The van der Waals surface area contributed by atoms with E-state index in [2.05, 4.69) is 10.6 Å². The van der Waals surface area contributed by atoms with Crippen LogP contribution in [0.4, 0.5) is 5.69 Å². The van der Waals surface area contributed by atoms with Crippen LogP contribution in [0.5, 0.6) is 0 Å². The number of para-hydroxylation sites is 1. The molecule has 7 heteroatoms. The molecule has 25 heavy (non-hydrogen) atoms. The van der Waals surface area contributed by atoms with Crippen molar-refractivity contribution in [2.75, 3.05) is 25.5 Å². The van der Waals surface area contributed by atoms with Crippen molar-refractivity contribution in [2.45, 2.75) is 6.54 Å². The molecule has 0 bridgehead atoms. The fraction of sp³-hybridized carbons (Fsp3) is 0.222. The van der Waals surface area contributed by atoms with E-state index in [1.54, 1.807) is 43.4 Å². The Labute approximate surface area is 156 Å². The molecular weight excluding hydrogens is 361 g/mol. The molecule has 0 fully saturated rings. The maximum atomic E-state index is 12.0. The van der Waals surface area contributed by atoms with E-state index in [1.165, 1.54) is 0 Å². The van der Waals surface area contributed by atoms with Gasteiger partial charge >= 0.3 is 0 Å². The number of nitrogens with one attached hydrogen (secondary N) is 3. The summed E-state index contributed by atoms with van der Waals surface area (Å²) >= 11 is 11.9. The molecule has 2 aromatic carbocycles. The fourth-order valence-electron chi connectivity index (χ4n) is 2.28. The van der Waals surface area contributed by atoms with E-state index >= 15 is 0 Å². The first-order valence-corrected chi connectivity index (χ1v) is 8.56. The van der Waals surface area contributed by atoms with Crippen molar-refractivity contribution < 1.29 is 14.5 Å². The van der Waals surface area contributed by atoms with Crippen LogP contribution in [0.25, 0.3) is 0 Å². The van der Waals surface area contributed by atoms with Crippen LogP contribution < -0.4 is 15.5 Å². The van der Waals surface area contributed by atoms with Gasteiger partial charge in [-0.3, -0.25) is 9.59 Å². The fourth-order valence-corrected chi connectivity index (χ4v) is 2.67. The molecule has 2 amide bonds. The topological polar surface area (TPSA) is 62.6 Å². The Hall–Kier alpha value is -2.08. The zero-order valence-electron chi connectivity index (χ0n) is 13.8. The van der Waals surface area contributed by atoms with Gasteiger partial charge in [-0.05, 0) is 29.8 Å². The third kappa shape index (κ3) is 6.74. The van der Waals surface area contributed by atoms with E-state index in [0.717, 1.165) is 10.5 Å². The molecule has 0 radical (unpaired) electrons. The lowest BCUT2D eigenvalue weighted by Crippen LogP contribution is -3.11. The number of rotatable bonds is 7. The second-order valence-corrected chi connectivity index (χ2v) is 6.59. The average Bonchev–Trinajstić information content (AvgIpc) is 2.55. The van der Waals surface area contributed by atoms with Crippen LogP contribution in [0.3, 0.4) is 0 Å². The summed E-state index contributed by atoms with van der Waals surface area (Å²) < 4.78 is 0. The van der Waals surface area contributed by atoms with Crippen LogP contribution in [0, 0.1) is 0 Å². The van der Waals surface area contributed by atoms with Crippen LogP contribution in [0.2, 0.25) is 10.0 Å². The predicted molar refractivity (Wildman–Crippen MR) is 100 cm³/mol. The summed E-state index contributed by atoms with van der Waals surface area (Å²) in [5, 5.41) is 6.67. The largest absolute Gasteiger partial charge is 0.347 e. The van der Waals surface area contributed by atoms with Gasteiger partial charge in [0.2, 0.25) is 0 Å². The number of carbonyl (C=O) groups is 2. The molecule has 0 aliphatic rings. The Morgan fingerprint density at radius 1 is 1.00 bits per heavy atom. The molecule has 3 N–H and O–H groups in total. The van der Waals surface area contributed by atoms with Gasteiger partial charge in [-0.1, -0.05) is 47.5 Å². The zero-order chi connectivity index (χ0) is 18.2. The third-order valence-corrected chi connectivity index (χ3v) is 4.02. The first-order valence-electron chi connectivity index (χ1n) is 7.81. The SMILES string of the molecule is C[NH+](CC(=O)NCc1cccc(Cl)c1)CC(=O)Nc1ccccc1Cl. The van der Waals surface area contributed by atoms with Crippen molar-refractivity contribution in [3.8, 4) is 0 Å². The van der Waals surface area contributed by atoms with Gasteiger partial charge in [0.1, 0.15) is 0 Å². The van der Waals surface area contributed by atoms with E-state index in [4.69, 9.17) is 23.2 Å². The Balaban J connectivity index is 1.75. The lowest BCUT2D eigenvalue weighted by Gasteiger charge is -2.14. The Kier molecular flexibility index (Phi) is 7.25. The summed E-state index contributed by atoms with van der Waals surface area (Å²) in [6, 6.07) is 14.3. The minimum absolute atomic E-state index is 0.136. The van der Waals surface area contributed by atoms with E-state index in [1.807, 2.05) is 12.1 Å². The minimum Gasteiger partial charge on any atom is -0.347 e. The van der Waals surface area contributed by atoms with Crippen molar-refractivity contribution in [2.24, 2.45) is 0 Å². The summed E-state index contributed by atoms with van der Waals surface area (Å²) in [4.78, 5) is 24.8. The average molecular weight is 381 g/mol. The molecule has 0 aliphatic carbocycles. The molecule has 1 unspecified atom stereocenters. The molecule has 2 aromatic rings. The first kappa shape index (κ1) is 19.2. The van der Waals surface area contributed by atoms with Crippen molar-refractivity contribution in [3.05, 3.63) is 64.1 Å². The van der Waals surface area contributed by atoms with Gasteiger partial charge in [0.25, 0.3) is 11.8 Å². The molecular formula is C18H20Cl2N3O2+. The molecule has 0 spiro atoms. The number of anilines is 1.